The lowest BCUT2D eigenvalue weighted by Crippen LogP contribution is -2.51. The molecule has 1 unspecified atom stereocenters. The van der Waals surface area contributed by atoms with Crippen molar-refractivity contribution in [3.63, 3.8) is 0 Å². The van der Waals surface area contributed by atoms with E-state index < -0.39 is 35.7 Å². The van der Waals surface area contributed by atoms with Gasteiger partial charge in [-0.3, -0.25) is 14.3 Å². The Morgan fingerprint density at radius 3 is 2.69 bits per heavy atom. The molecule has 8 nitrogen and oxygen atoms in total. The van der Waals surface area contributed by atoms with Crippen molar-refractivity contribution in [2.45, 2.75) is 32.3 Å². The van der Waals surface area contributed by atoms with Crippen molar-refractivity contribution >= 4 is 5.97 Å². The molecule has 4 atom stereocenters. The van der Waals surface area contributed by atoms with Crippen molar-refractivity contribution in [3.05, 3.63) is 68.5 Å². The Hall–Kier alpha value is -2.71. The van der Waals surface area contributed by atoms with E-state index in [1.54, 1.807) is 44.2 Å². The second-order valence-corrected chi connectivity index (χ2v) is 6.41. The van der Waals surface area contributed by atoms with Crippen LogP contribution in [0.4, 0.5) is 0 Å². The first kappa shape index (κ1) is 18.1. The molecule has 0 radical (unpaired) electrons. The highest BCUT2D eigenvalue weighted by Crippen LogP contribution is 2.29. The van der Waals surface area contributed by atoms with E-state index in [-0.39, 0.29) is 12.5 Å². The van der Waals surface area contributed by atoms with Gasteiger partial charge in [-0.05, 0) is 19.1 Å². The second-order valence-electron chi connectivity index (χ2n) is 6.41. The van der Waals surface area contributed by atoms with Gasteiger partial charge < -0.3 is 14.6 Å². The van der Waals surface area contributed by atoms with Gasteiger partial charge in [-0.1, -0.05) is 25.1 Å². The van der Waals surface area contributed by atoms with Crippen molar-refractivity contribution in [3.8, 4) is 0 Å². The number of nitrogens with zero attached hydrogens (tertiary/aromatic N) is 1. The Morgan fingerprint density at radius 1 is 1.31 bits per heavy atom. The monoisotopic (exact) mass is 360 g/mol. The van der Waals surface area contributed by atoms with E-state index in [0.717, 1.165) is 4.57 Å². The number of aromatic nitrogens is 2. The standard InChI is InChI=1S/C18H20N2O6/c1-10-8-20(18(24)19-15(10)22)16-13(21)14(11(2)9-25-16)26-17(23)12-6-4-3-5-7-12/h3-8,11,13-14,16,21H,9H2,1-2H3,(H,19,22,24)/t11-,13+,14-,16?/m1/s1. The second kappa shape index (κ2) is 7.27. The molecule has 1 aromatic carbocycles. The summed E-state index contributed by atoms with van der Waals surface area (Å²) in [7, 11) is 0. The minimum absolute atomic E-state index is 0.180. The lowest BCUT2D eigenvalue weighted by Gasteiger charge is -2.38. The third kappa shape index (κ3) is 3.47. The van der Waals surface area contributed by atoms with E-state index in [1.165, 1.54) is 6.20 Å². The number of aryl methyl sites for hydroxylation is 1. The number of hydrogen-bond acceptors (Lipinski definition) is 6. The first-order valence-corrected chi connectivity index (χ1v) is 8.26. The van der Waals surface area contributed by atoms with E-state index in [1.807, 2.05) is 0 Å². The van der Waals surface area contributed by atoms with Gasteiger partial charge >= 0.3 is 11.7 Å². The summed E-state index contributed by atoms with van der Waals surface area (Å²) in [6.45, 7) is 3.50. The molecule has 2 aromatic rings. The number of benzene rings is 1. The predicted molar refractivity (Wildman–Crippen MR) is 91.9 cm³/mol. The van der Waals surface area contributed by atoms with Gasteiger partial charge in [0.1, 0.15) is 12.2 Å². The fourth-order valence-corrected chi connectivity index (χ4v) is 2.91. The summed E-state index contributed by atoms with van der Waals surface area (Å²) in [6, 6.07) is 8.44. The van der Waals surface area contributed by atoms with Crippen LogP contribution in [-0.4, -0.2) is 39.4 Å². The van der Waals surface area contributed by atoms with Crippen LogP contribution in [0.25, 0.3) is 0 Å². The summed E-state index contributed by atoms with van der Waals surface area (Å²) in [5.74, 6) is -0.833. The topological polar surface area (TPSA) is 111 Å². The maximum Gasteiger partial charge on any atom is 0.338 e. The summed E-state index contributed by atoms with van der Waals surface area (Å²) >= 11 is 0. The molecule has 0 spiro atoms. The molecule has 26 heavy (non-hydrogen) atoms. The third-order valence-electron chi connectivity index (χ3n) is 4.39. The summed E-state index contributed by atoms with van der Waals surface area (Å²) in [6.07, 6.45) is -1.88. The van der Waals surface area contributed by atoms with Gasteiger partial charge in [-0.15, -0.1) is 0 Å². The molecule has 1 fully saturated rings. The number of carbonyl (C=O) groups excluding carboxylic acids is 1. The molecule has 138 valence electrons. The van der Waals surface area contributed by atoms with Gasteiger partial charge in [-0.2, -0.15) is 0 Å². The van der Waals surface area contributed by atoms with Crippen LogP contribution >= 0.6 is 0 Å². The van der Waals surface area contributed by atoms with Crippen molar-refractivity contribution in [1.82, 2.24) is 9.55 Å². The van der Waals surface area contributed by atoms with Crippen molar-refractivity contribution in [2.24, 2.45) is 5.92 Å². The van der Waals surface area contributed by atoms with E-state index in [2.05, 4.69) is 4.98 Å². The lowest BCUT2D eigenvalue weighted by atomic mass is 9.96. The SMILES string of the molecule is Cc1cn(C2OC[C@@H](C)[C@@H](OC(=O)c3ccccc3)[C@@H]2O)c(=O)[nH]c1=O. The predicted octanol–water partition coefficient (Wildman–Crippen LogP) is 0.596. The van der Waals surface area contributed by atoms with Crippen LogP contribution in [0.15, 0.2) is 46.1 Å². The quantitative estimate of drug-likeness (QED) is 0.776. The molecule has 0 aliphatic carbocycles. The summed E-state index contributed by atoms with van der Waals surface area (Å²) in [5, 5.41) is 10.7. The Balaban J connectivity index is 1.86. The highest BCUT2D eigenvalue weighted by Gasteiger charge is 2.41. The average Bonchev–Trinajstić information content (AvgIpc) is 2.63. The minimum Gasteiger partial charge on any atom is -0.455 e. The van der Waals surface area contributed by atoms with Crippen LogP contribution in [0.2, 0.25) is 0 Å². The number of carbonyl (C=O) groups is 1. The van der Waals surface area contributed by atoms with E-state index in [4.69, 9.17) is 9.47 Å². The summed E-state index contributed by atoms with van der Waals surface area (Å²) < 4.78 is 12.2. The molecule has 1 aliphatic heterocycles. The first-order valence-electron chi connectivity index (χ1n) is 8.26. The van der Waals surface area contributed by atoms with Crippen LogP contribution in [0.5, 0.6) is 0 Å². The molecule has 1 aliphatic rings. The Bertz CT molecular complexity index is 904. The number of aromatic amines is 1. The van der Waals surface area contributed by atoms with Gasteiger partial charge in [-0.25, -0.2) is 9.59 Å². The van der Waals surface area contributed by atoms with E-state index in [0.29, 0.717) is 11.1 Å². The molecule has 1 saturated heterocycles. The highest BCUT2D eigenvalue weighted by molar-refractivity contribution is 5.89. The summed E-state index contributed by atoms with van der Waals surface area (Å²) in [4.78, 5) is 38.1. The Labute approximate surface area is 149 Å². The average molecular weight is 360 g/mol. The maximum atomic E-state index is 12.3. The number of ether oxygens (including phenoxy) is 2. The highest BCUT2D eigenvalue weighted by atomic mass is 16.6. The van der Waals surface area contributed by atoms with E-state index >= 15 is 0 Å². The number of nitrogens with one attached hydrogen (secondary N) is 1. The fourth-order valence-electron chi connectivity index (χ4n) is 2.91. The largest absolute Gasteiger partial charge is 0.455 e. The normalized spacial score (nSPS) is 25.7. The van der Waals surface area contributed by atoms with Crippen molar-refractivity contribution in [1.29, 1.82) is 0 Å². The molecule has 8 heteroatoms. The molecule has 2 heterocycles. The van der Waals surface area contributed by atoms with Gasteiger partial charge in [0.2, 0.25) is 0 Å². The van der Waals surface area contributed by atoms with Crippen LogP contribution < -0.4 is 11.2 Å². The zero-order valence-electron chi connectivity index (χ0n) is 14.4. The number of H-pyrrole nitrogens is 1. The number of aliphatic hydroxyl groups excluding tert-OH is 1. The van der Waals surface area contributed by atoms with Crippen LogP contribution in [0.1, 0.15) is 29.1 Å². The maximum absolute atomic E-state index is 12.3. The van der Waals surface area contributed by atoms with Crippen molar-refractivity contribution in [2.75, 3.05) is 6.61 Å². The van der Waals surface area contributed by atoms with Crippen LogP contribution in [-0.2, 0) is 9.47 Å². The van der Waals surface area contributed by atoms with Crippen LogP contribution in [0, 0.1) is 12.8 Å². The number of hydrogen-bond donors (Lipinski definition) is 2. The molecule has 0 amide bonds. The molecule has 0 bridgehead atoms. The fraction of sp³-hybridized carbons (Fsp3) is 0.389. The number of aliphatic hydroxyl groups is 1. The Morgan fingerprint density at radius 2 is 2.00 bits per heavy atom. The number of esters is 1. The molecular formula is C18H20N2O6. The molecule has 2 N–H and O–H groups in total. The van der Waals surface area contributed by atoms with Crippen molar-refractivity contribution < 1.29 is 19.4 Å². The summed E-state index contributed by atoms with van der Waals surface area (Å²) in [5.41, 5.74) is -0.534. The van der Waals surface area contributed by atoms with Gasteiger partial charge in [0, 0.05) is 17.7 Å². The zero-order valence-corrected chi connectivity index (χ0v) is 14.4. The van der Waals surface area contributed by atoms with Gasteiger partial charge in [0.05, 0.1) is 12.2 Å². The third-order valence-corrected chi connectivity index (χ3v) is 4.39. The molecule has 1 aromatic heterocycles. The molecular weight excluding hydrogens is 340 g/mol. The smallest absolute Gasteiger partial charge is 0.338 e. The first-order chi connectivity index (χ1) is 12.4. The van der Waals surface area contributed by atoms with Gasteiger partial charge in [0.25, 0.3) is 5.56 Å². The molecule has 3 rings (SSSR count). The van der Waals surface area contributed by atoms with E-state index in [9.17, 15) is 19.5 Å². The van der Waals surface area contributed by atoms with Crippen LogP contribution in [0.3, 0.4) is 0 Å². The minimum atomic E-state index is -1.27. The Kier molecular flexibility index (Phi) is 5.06. The zero-order chi connectivity index (χ0) is 18.8. The number of rotatable bonds is 3. The van der Waals surface area contributed by atoms with Gasteiger partial charge in [0.15, 0.2) is 6.23 Å². The lowest BCUT2D eigenvalue weighted by molar-refractivity contribution is -0.190. The molecule has 0 saturated carbocycles.